The fraction of sp³-hybridized carbons (Fsp3) is 0.167. The summed E-state index contributed by atoms with van der Waals surface area (Å²) in [4.78, 5) is 0. The van der Waals surface area contributed by atoms with Gasteiger partial charge in [-0.1, -0.05) is 0 Å². The van der Waals surface area contributed by atoms with Gasteiger partial charge < -0.3 is 9.52 Å². The lowest BCUT2D eigenvalue weighted by atomic mass is 10.0. The first kappa shape index (κ1) is 14.1. The van der Waals surface area contributed by atoms with Gasteiger partial charge in [0, 0.05) is 0 Å². The molecule has 19 heavy (non-hydrogen) atoms. The van der Waals surface area contributed by atoms with E-state index >= 15 is 0 Å². The highest BCUT2D eigenvalue weighted by Gasteiger charge is 2.32. The summed E-state index contributed by atoms with van der Waals surface area (Å²) in [7, 11) is 0. The van der Waals surface area contributed by atoms with Crippen LogP contribution in [-0.4, -0.2) is 5.11 Å². The lowest BCUT2D eigenvalue weighted by Gasteiger charge is -2.13. The van der Waals surface area contributed by atoms with Gasteiger partial charge in [0.2, 0.25) is 0 Å². The zero-order valence-corrected chi connectivity index (χ0v) is 10.8. The molecule has 102 valence electrons. The molecule has 2 rings (SSSR count). The molecule has 1 aromatic heterocycles. The molecule has 0 saturated heterocycles. The molecule has 2 aromatic rings. The SMILES string of the molecule is OC(c1cc(F)cc(C(F)(F)F)c1)c1occc1Br. The third-order valence-corrected chi connectivity index (χ3v) is 3.11. The number of aliphatic hydroxyl groups excluding tert-OH is 1. The molecule has 7 heteroatoms. The van der Waals surface area contributed by atoms with Crippen molar-refractivity contribution >= 4 is 15.9 Å². The normalized spacial score (nSPS) is 13.6. The molecule has 0 aliphatic rings. The maximum Gasteiger partial charge on any atom is 0.416 e. The van der Waals surface area contributed by atoms with Crippen LogP contribution in [0.5, 0.6) is 0 Å². The summed E-state index contributed by atoms with van der Waals surface area (Å²) >= 11 is 3.07. The Kier molecular flexibility index (Phi) is 3.69. The largest absolute Gasteiger partial charge is 0.465 e. The van der Waals surface area contributed by atoms with Gasteiger partial charge in [-0.15, -0.1) is 0 Å². The lowest BCUT2D eigenvalue weighted by Crippen LogP contribution is -2.08. The number of halogens is 5. The van der Waals surface area contributed by atoms with Crippen molar-refractivity contribution in [2.75, 3.05) is 0 Å². The van der Waals surface area contributed by atoms with E-state index in [-0.39, 0.29) is 11.3 Å². The van der Waals surface area contributed by atoms with E-state index in [1.54, 1.807) is 0 Å². The Balaban J connectivity index is 2.46. The maximum atomic E-state index is 13.2. The number of benzene rings is 1. The van der Waals surface area contributed by atoms with Crippen LogP contribution in [0.2, 0.25) is 0 Å². The lowest BCUT2D eigenvalue weighted by molar-refractivity contribution is -0.137. The maximum absolute atomic E-state index is 13.2. The van der Waals surface area contributed by atoms with E-state index in [2.05, 4.69) is 15.9 Å². The Morgan fingerprint density at radius 3 is 2.42 bits per heavy atom. The molecular formula is C12H7BrF4O2. The van der Waals surface area contributed by atoms with Crippen LogP contribution < -0.4 is 0 Å². The van der Waals surface area contributed by atoms with Crippen LogP contribution in [0.15, 0.2) is 39.4 Å². The number of aliphatic hydroxyl groups is 1. The van der Waals surface area contributed by atoms with Crippen molar-refractivity contribution in [1.29, 1.82) is 0 Å². The summed E-state index contributed by atoms with van der Waals surface area (Å²) in [6, 6.07) is 3.35. The van der Waals surface area contributed by atoms with E-state index in [1.165, 1.54) is 12.3 Å². The number of hydrogen-bond acceptors (Lipinski definition) is 2. The van der Waals surface area contributed by atoms with Crippen LogP contribution in [0.4, 0.5) is 17.6 Å². The first-order valence-corrected chi connectivity index (χ1v) is 5.87. The van der Waals surface area contributed by atoms with Crippen LogP contribution in [0.3, 0.4) is 0 Å². The summed E-state index contributed by atoms with van der Waals surface area (Å²) in [6.07, 6.45) is -4.91. The van der Waals surface area contributed by atoms with Crippen molar-refractivity contribution in [3.8, 4) is 0 Å². The molecule has 1 aromatic carbocycles. The van der Waals surface area contributed by atoms with Gasteiger partial charge in [-0.05, 0) is 45.8 Å². The number of alkyl halides is 3. The van der Waals surface area contributed by atoms with E-state index < -0.39 is 23.7 Å². The second-order valence-electron chi connectivity index (χ2n) is 3.81. The number of rotatable bonds is 2. The predicted octanol–water partition coefficient (Wildman–Crippen LogP) is 4.28. The van der Waals surface area contributed by atoms with Crippen molar-refractivity contribution in [3.63, 3.8) is 0 Å². The third-order valence-electron chi connectivity index (χ3n) is 2.46. The van der Waals surface area contributed by atoms with Gasteiger partial charge in [-0.3, -0.25) is 0 Å². The molecule has 0 aliphatic carbocycles. The summed E-state index contributed by atoms with van der Waals surface area (Å²) in [5.41, 5.74) is -1.40. The molecule has 1 unspecified atom stereocenters. The Bertz CT molecular complexity index is 592. The molecule has 0 saturated carbocycles. The monoisotopic (exact) mass is 338 g/mol. The van der Waals surface area contributed by atoms with E-state index in [0.717, 1.165) is 6.07 Å². The van der Waals surface area contributed by atoms with Gasteiger partial charge in [0.1, 0.15) is 11.9 Å². The Labute approximate surface area is 113 Å². The second kappa shape index (κ2) is 4.97. The van der Waals surface area contributed by atoms with Crippen molar-refractivity contribution in [2.45, 2.75) is 12.3 Å². The van der Waals surface area contributed by atoms with Crippen LogP contribution in [-0.2, 0) is 6.18 Å². The van der Waals surface area contributed by atoms with Crippen molar-refractivity contribution in [3.05, 3.63) is 57.7 Å². The molecular weight excluding hydrogens is 332 g/mol. The van der Waals surface area contributed by atoms with E-state index in [1.807, 2.05) is 0 Å². The first-order chi connectivity index (χ1) is 8.79. The van der Waals surface area contributed by atoms with Crippen molar-refractivity contribution in [1.82, 2.24) is 0 Å². The molecule has 1 heterocycles. The topological polar surface area (TPSA) is 33.4 Å². The van der Waals surface area contributed by atoms with Gasteiger partial charge in [-0.25, -0.2) is 4.39 Å². The second-order valence-corrected chi connectivity index (χ2v) is 4.66. The minimum absolute atomic E-state index is 0.0127. The first-order valence-electron chi connectivity index (χ1n) is 5.07. The van der Waals surface area contributed by atoms with Crippen molar-refractivity contribution < 1.29 is 27.1 Å². The van der Waals surface area contributed by atoms with E-state index in [4.69, 9.17) is 4.42 Å². The minimum atomic E-state index is -4.68. The standard InChI is InChI=1S/C12H7BrF4O2/c13-9-1-2-19-11(9)10(18)6-3-7(12(15,16)17)5-8(14)4-6/h1-5,10,18H. The van der Waals surface area contributed by atoms with Gasteiger partial charge in [-0.2, -0.15) is 13.2 Å². The Morgan fingerprint density at radius 1 is 1.21 bits per heavy atom. The molecule has 0 amide bonds. The Morgan fingerprint density at radius 2 is 1.89 bits per heavy atom. The smallest absolute Gasteiger partial charge is 0.416 e. The van der Waals surface area contributed by atoms with E-state index in [9.17, 15) is 22.7 Å². The molecule has 0 radical (unpaired) electrons. The molecule has 0 fully saturated rings. The molecule has 0 bridgehead atoms. The van der Waals surface area contributed by atoms with Gasteiger partial charge in [0.15, 0.2) is 5.76 Å². The Hall–Kier alpha value is -1.34. The van der Waals surface area contributed by atoms with Crippen LogP contribution >= 0.6 is 15.9 Å². The zero-order valence-electron chi connectivity index (χ0n) is 9.21. The number of furan rings is 1. The fourth-order valence-corrected chi connectivity index (χ4v) is 2.00. The highest BCUT2D eigenvalue weighted by molar-refractivity contribution is 9.10. The van der Waals surface area contributed by atoms with Gasteiger partial charge >= 0.3 is 6.18 Å². The molecule has 0 spiro atoms. The average Bonchev–Trinajstić information content (AvgIpc) is 2.72. The average molecular weight is 339 g/mol. The molecule has 0 aliphatic heterocycles. The number of hydrogen-bond donors (Lipinski definition) is 1. The highest BCUT2D eigenvalue weighted by atomic mass is 79.9. The van der Waals surface area contributed by atoms with Crippen molar-refractivity contribution in [2.24, 2.45) is 0 Å². The zero-order chi connectivity index (χ0) is 14.2. The molecule has 1 atom stereocenters. The molecule has 1 N–H and O–H groups in total. The molecule has 2 nitrogen and oxygen atoms in total. The van der Waals surface area contributed by atoms with Gasteiger partial charge in [0.25, 0.3) is 0 Å². The van der Waals surface area contributed by atoms with Crippen LogP contribution in [0.25, 0.3) is 0 Å². The fourth-order valence-electron chi connectivity index (χ4n) is 1.59. The van der Waals surface area contributed by atoms with Crippen LogP contribution in [0, 0.1) is 5.82 Å². The highest BCUT2D eigenvalue weighted by Crippen LogP contribution is 2.34. The van der Waals surface area contributed by atoms with Crippen LogP contribution in [0.1, 0.15) is 23.0 Å². The summed E-state index contributed by atoms with van der Waals surface area (Å²) in [6.45, 7) is 0. The third kappa shape index (κ3) is 2.98. The van der Waals surface area contributed by atoms with Gasteiger partial charge in [0.05, 0.1) is 16.3 Å². The minimum Gasteiger partial charge on any atom is -0.465 e. The van der Waals surface area contributed by atoms with E-state index in [0.29, 0.717) is 16.6 Å². The summed E-state index contributed by atoms with van der Waals surface area (Å²) in [5, 5.41) is 9.92. The quantitative estimate of drug-likeness (QED) is 0.829. The summed E-state index contributed by atoms with van der Waals surface area (Å²) in [5.74, 6) is -1.06. The predicted molar refractivity (Wildman–Crippen MR) is 61.9 cm³/mol. The summed E-state index contributed by atoms with van der Waals surface area (Å²) < 4.78 is 56.2.